The van der Waals surface area contributed by atoms with Crippen molar-refractivity contribution in [3.05, 3.63) is 51.6 Å². The van der Waals surface area contributed by atoms with Gasteiger partial charge in [-0.25, -0.2) is 0 Å². The number of allylic oxidation sites excluding steroid dienone is 4. The van der Waals surface area contributed by atoms with E-state index in [0.29, 0.717) is 5.92 Å². The average Bonchev–Trinajstić information content (AvgIpc) is 2.65. The number of hydrogen-bond donors (Lipinski definition) is 1. The molecule has 1 radical (unpaired) electrons. The van der Waals surface area contributed by atoms with Crippen molar-refractivity contribution in [1.29, 1.82) is 0 Å². The van der Waals surface area contributed by atoms with Crippen LogP contribution in [0.3, 0.4) is 0 Å². The molecule has 99 valence electrons. The fourth-order valence-corrected chi connectivity index (χ4v) is 3.28. The molecule has 0 fully saturated rings. The molecule has 1 aromatic carbocycles. The van der Waals surface area contributed by atoms with E-state index in [9.17, 15) is 0 Å². The summed E-state index contributed by atoms with van der Waals surface area (Å²) < 4.78 is 0. The van der Waals surface area contributed by atoms with Crippen LogP contribution in [0, 0.1) is 13.0 Å². The van der Waals surface area contributed by atoms with E-state index < -0.39 is 0 Å². The van der Waals surface area contributed by atoms with E-state index in [4.69, 9.17) is 0 Å². The molecule has 2 aliphatic rings. The molecule has 1 heterocycles. The molecule has 0 saturated heterocycles. The third-order valence-corrected chi connectivity index (χ3v) is 4.58. The fraction of sp³-hybridized carbons (Fsp3) is 0.444. The van der Waals surface area contributed by atoms with Gasteiger partial charge in [0.2, 0.25) is 0 Å². The van der Waals surface area contributed by atoms with Crippen molar-refractivity contribution in [3.8, 4) is 0 Å². The largest absolute Gasteiger partial charge is 0.385 e. The van der Waals surface area contributed by atoms with Crippen molar-refractivity contribution >= 4 is 5.69 Å². The molecule has 0 spiro atoms. The maximum Gasteiger partial charge on any atom is 0.0415 e. The molecule has 1 aromatic rings. The molecule has 0 bridgehead atoms. The number of anilines is 1. The molecule has 0 amide bonds. The topological polar surface area (TPSA) is 12.0 Å². The van der Waals surface area contributed by atoms with Crippen LogP contribution < -0.4 is 5.32 Å². The van der Waals surface area contributed by atoms with Crippen molar-refractivity contribution in [2.75, 3.05) is 11.9 Å². The lowest BCUT2D eigenvalue weighted by Crippen LogP contribution is -2.15. The van der Waals surface area contributed by atoms with Gasteiger partial charge in [0.25, 0.3) is 0 Å². The Kier molecular flexibility index (Phi) is 3.00. The van der Waals surface area contributed by atoms with E-state index >= 15 is 0 Å². The molecule has 0 saturated carbocycles. The van der Waals surface area contributed by atoms with E-state index in [1.165, 1.54) is 51.9 Å². The van der Waals surface area contributed by atoms with E-state index in [2.05, 4.69) is 51.2 Å². The van der Waals surface area contributed by atoms with E-state index in [0.717, 1.165) is 6.54 Å². The van der Waals surface area contributed by atoms with Gasteiger partial charge in [-0.05, 0) is 68.9 Å². The van der Waals surface area contributed by atoms with Crippen molar-refractivity contribution in [3.63, 3.8) is 0 Å². The minimum Gasteiger partial charge on any atom is -0.385 e. The number of aryl methyl sites for hydroxylation is 2. The first-order chi connectivity index (χ1) is 9.08. The summed E-state index contributed by atoms with van der Waals surface area (Å²) >= 11 is 0. The second-order valence-corrected chi connectivity index (χ2v) is 5.93. The van der Waals surface area contributed by atoms with Crippen LogP contribution in [0.25, 0.3) is 0 Å². The Morgan fingerprint density at radius 3 is 2.63 bits per heavy atom. The number of fused-ring (bicyclic) bond motifs is 1. The molecular formula is C18H22N. The van der Waals surface area contributed by atoms with Crippen molar-refractivity contribution in [2.45, 2.75) is 46.5 Å². The predicted octanol–water partition coefficient (Wildman–Crippen LogP) is 4.54. The maximum atomic E-state index is 3.65. The van der Waals surface area contributed by atoms with Crippen molar-refractivity contribution < 1.29 is 0 Å². The van der Waals surface area contributed by atoms with Gasteiger partial charge in [-0.2, -0.15) is 0 Å². The van der Waals surface area contributed by atoms with E-state index in [-0.39, 0.29) is 0 Å². The maximum absolute atomic E-state index is 3.65. The molecular weight excluding hydrogens is 230 g/mol. The van der Waals surface area contributed by atoms with Gasteiger partial charge in [-0.1, -0.05) is 23.3 Å². The molecule has 1 heteroatoms. The monoisotopic (exact) mass is 252 g/mol. The first kappa shape index (κ1) is 12.5. The van der Waals surface area contributed by atoms with Crippen LogP contribution >= 0.6 is 0 Å². The Labute approximate surface area is 116 Å². The van der Waals surface area contributed by atoms with Crippen LogP contribution in [0.5, 0.6) is 0 Å². The van der Waals surface area contributed by atoms with Gasteiger partial charge >= 0.3 is 0 Å². The standard InChI is InChI=1S/C18H22N/c1-11-8-15-6-5-7-19-18(15)17(9-11)16-10-12(2)13(3)14(16)4/h8-9,16,19H,5-7H2,1-4H3. The molecule has 3 rings (SSSR count). The zero-order chi connectivity index (χ0) is 13.6. The summed E-state index contributed by atoms with van der Waals surface area (Å²) in [5, 5.41) is 3.61. The summed E-state index contributed by atoms with van der Waals surface area (Å²) in [6.07, 6.45) is 6.10. The SMILES string of the molecule is CC1=[C]C(c2cc(C)cc3c2NCCC3)C(C)=C1C. The van der Waals surface area contributed by atoms with Crippen molar-refractivity contribution in [2.24, 2.45) is 0 Å². The van der Waals surface area contributed by atoms with Crippen LogP contribution in [0.1, 0.15) is 49.8 Å². The second kappa shape index (κ2) is 4.56. The molecule has 1 N–H and O–H groups in total. The number of rotatable bonds is 1. The Morgan fingerprint density at radius 1 is 1.16 bits per heavy atom. The summed E-state index contributed by atoms with van der Waals surface area (Å²) in [4.78, 5) is 0. The lowest BCUT2D eigenvalue weighted by Gasteiger charge is -2.25. The molecule has 19 heavy (non-hydrogen) atoms. The van der Waals surface area contributed by atoms with Gasteiger partial charge in [0.15, 0.2) is 0 Å². The highest BCUT2D eigenvalue weighted by atomic mass is 14.9. The highest BCUT2D eigenvalue weighted by Crippen LogP contribution is 2.42. The van der Waals surface area contributed by atoms with Gasteiger partial charge in [0.05, 0.1) is 0 Å². The average molecular weight is 252 g/mol. The fourth-order valence-electron chi connectivity index (χ4n) is 3.28. The van der Waals surface area contributed by atoms with Gasteiger partial charge in [0, 0.05) is 18.2 Å². The zero-order valence-electron chi connectivity index (χ0n) is 12.4. The summed E-state index contributed by atoms with van der Waals surface area (Å²) in [6, 6.07) is 4.67. The van der Waals surface area contributed by atoms with Crippen LogP contribution in [0.2, 0.25) is 0 Å². The smallest absolute Gasteiger partial charge is 0.0415 e. The Morgan fingerprint density at radius 2 is 1.95 bits per heavy atom. The highest BCUT2D eigenvalue weighted by molar-refractivity contribution is 5.65. The zero-order valence-corrected chi connectivity index (χ0v) is 12.4. The molecule has 0 aromatic heterocycles. The van der Waals surface area contributed by atoms with E-state index in [1.807, 2.05) is 0 Å². The Balaban J connectivity index is 2.14. The summed E-state index contributed by atoms with van der Waals surface area (Å²) in [7, 11) is 0. The number of benzene rings is 1. The summed E-state index contributed by atoms with van der Waals surface area (Å²) in [6.45, 7) is 9.94. The quantitative estimate of drug-likeness (QED) is 0.774. The third kappa shape index (κ3) is 2.01. The highest BCUT2D eigenvalue weighted by Gasteiger charge is 2.25. The summed E-state index contributed by atoms with van der Waals surface area (Å²) in [5.74, 6) is 0.347. The predicted molar refractivity (Wildman–Crippen MR) is 81.5 cm³/mol. The second-order valence-electron chi connectivity index (χ2n) is 5.93. The Hall–Kier alpha value is -1.50. The van der Waals surface area contributed by atoms with Gasteiger partial charge < -0.3 is 5.32 Å². The van der Waals surface area contributed by atoms with Crippen LogP contribution in [0.15, 0.2) is 28.9 Å². The lowest BCUT2D eigenvalue weighted by atomic mass is 9.87. The van der Waals surface area contributed by atoms with Crippen LogP contribution in [0.4, 0.5) is 5.69 Å². The van der Waals surface area contributed by atoms with Crippen molar-refractivity contribution in [1.82, 2.24) is 0 Å². The first-order valence-corrected chi connectivity index (χ1v) is 7.23. The van der Waals surface area contributed by atoms with E-state index in [1.54, 1.807) is 0 Å². The van der Waals surface area contributed by atoms with Crippen LogP contribution in [-0.2, 0) is 6.42 Å². The summed E-state index contributed by atoms with van der Waals surface area (Å²) in [5.41, 5.74) is 9.83. The molecule has 1 aliphatic carbocycles. The number of hydrogen-bond acceptors (Lipinski definition) is 1. The van der Waals surface area contributed by atoms with Gasteiger partial charge in [0.1, 0.15) is 0 Å². The molecule has 1 aliphatic heterocycles. The van der Waals surface area contributed by atoms with Gasteiger partial charge in [-0.3, -0.25) is 0 Å². The minimum absolute atomic E-state index is 0.347. The van der Waals surface area contributed by atoms with Gasteiger partial charge in [-0.15, -0.1) is 0 Å². The minimum atomic E-state index is 0.347. The molecule has 1 atom stereocenters. The molecule has 1 nitrogen and oxygen atoms in total. The number of nitrogens with one attached hydrogen (secondary N) is 1. The lowest BCUT2D eigenvalue weighted by molar-refractivity contribution is 0.817. The normalized spacial score (nSPS) is 22.1. The third-order valence-electron chi connectivity index (χ3n) is 4.58. The molecule has 1 unspecified atom stereocenters. The Bertz CT molecular complexity index is 590. The first-order valence-electron chi connectivity index (χ1n) is 7.23. The van der Waals surface area contributed by atoms with Crippen LogP contribution in [-0.4, -0.2) is 6.54 Å².